The Balaban J connectivity index is 2.12. The van der Waals surface area contributed by atoms with Gasteiger partial charge in [-0.3, -0.25) is 0 Å². The van der Waals surface area contributed by atoms with Crippen LogP contribution in [0.3, 0.4) is 0 Å². The van der Waals surface area contributed by atoms with Crippen LogP contribution in [-0.2, 0) is 12.4 Å². The number of fused-ring (bicyclic) bond motifs is 1. The van der Waals surface area contributed by atoms with Gasteiger partial charge < -0.3 is 10.4 Å². The van der Waals surface area contributed by atoms with Crippen LogP contribution in [0.1, 0.15) is 48.6 Å². The molecular weight excluding hydrogens is 374 g/mol. The molecule has 9 heteroatoms. The van der Waals surface area contributed by atoms with Gasteiger partial charge in [-0.05, 0) is 43.5 Å². The highest BCUT2D eigenvalue weighted by molar-refractivity contribution is 5.86. The van der Waals surface area contributed by atoms with Crippen LogP contribution >= 0.6 is 0 Å². The number of nitrogens with zero attached hydrogens (tertiary/aromatic N) is 1. The molecule has 2 aromatic rings. The molecule has 0 saturated carbocycles. The minimum absolute atomic E-state index is 0.0999. The number of aliphatic hydroxyl groups is 1. The van der Waals surface area contributed by atoms with Crippen molar-refractivity contribution in [3.8, 4) is 0 Å². The monoisotopic (exact) mass is 392 g/mol. The predicted octanol–water partition coefficient (Wildman–Crippen LogP) is 4.84. The third-order valence-electron chi connectivity index (χ3n) is 4.75. The van der Waals surface area contributed by atoms with Gasteiger partial charge in [-0.2, -0.15) is 26.3 Å². The van der Waals surface area contributed by atoms with Gasteiger partial charge in [0.1, 0.15) is 5.69 Å². The maximum Gasteiger partial charge on any atom is 0.433 e. The number of benzene rings is 1. The fraction of sp³-hybridized carbons (Fsp3) is 0.500. The Morgan fingerprint density at radius 2 is 1.85 bits per heavy atom. The van der Waals surface area contributed by atoms with Gasteiger partial charge in [0.2, 0.25) is 0 Å². The van der Waals surface area contributed by atoms with E-state index in [1.807, 2.05) is 0 Å². The van der Waals surface area contributed by atoms with Crippen molar-refractivity contribution < 1.29 is 31.4 Å². The first-order valence-corrected chi connectivity index (χ1v) is 8.57. The van der Waals surface area contributed by atoms with Crippen molar-refractivity contribution in [2.75, 3.05) is 6.54 Å². The van der Waals surface area contributed by atoms with Crippen LogP contribution < -0.4 is 5.32 Å². The molecule has 3 nitrogen and oxygen atoms in total. The van der Waals surface area contributed by atoms with Crippen LogP contribution in [0.15, 0.2) is 24.3 Å². The number of hydrogen-bond acceptors (Lipinski definition) is 3. The molecule has 3 rings (SSSR count). The standard InChI is InChI=1S/C18H18F6N2O/c19-17(20,21)13-6-3-5-11-12(9-15(18(22,23)24)26-16(11)13)14(27)8-10-4-1-2-7-25-10/h3,5-6,9-10,14,25,27H,1-2,4,7-8H2. The summed E-state index contributed by atoms with van der Waals surface area (Å²) in [5.74, 6) is 0. The van der Waals surface area contributed by atoms with Crippen molar-refractivity contribution >= 4 is 10.9 Å². The summed E-state index contributed by atoms with van der Waals surface area (Å²) < 4.78 is 79.4. The number of alkyl halides is 6. The molecule has 0 spiro atoms. The molecule has 0 bridgehead atoms. The van der Waals surface area contributed by atoms with Gasteiger partial charge in [0.25, 0.3) is 0 Å². The normalized spacial score (nSPS) is 20.0. The number of rotatable bonds is 3. The molecule has 148 valence electrons. The van der Waals surface area contributed by atoms with E-state index in [9.17, 15) is 31.4 Å². The zero-order chi connectivity index (χ0) is 19.8. The number of hydrogen-bond donors (Lipinski definition) is 2. The summed E-state index contributed by atoms with van der Waals surface area (Å²) >= 11 is 0. The van der Waals surface area contributed by atoms with Gasteiger partial charge in [0, 0.05) is 11.4 Å². The predicted molar refractivity (Wildman–Crippen MR) is 87.0 cm³/mol. The third kappa shape index (κ3) is 4.35. The molecule has 2 N–H and O–H groups in total. The van der Waals surface area contributed by atoms with Crippen molar-refractivity contribution in [2.24, 2.45) is 0 Å². The third-order valence-corrected chi connectivity index (χ3v) is 4.75. The molecule has 1 aromatic carbocycles. The van der Waals surface area contributed by atoms with Gasteiger partial charge in [-0.15, -0.1) is 0 Å². The van der Waals surface area contributed by atoms with E-state index in [0.29, 0.717) is 12.1 Å². The Labute approximate surface area is 151 Å². The van der Waals surface area contributed by atoms with Crippen LogP contribution in [-0.4, -0.2) is 22.7 Å². The average molecular weight is 392 g/mol. The number of aromatic nitrogens is 1. The van der Waals surface area contributed by atoms with Gasteiger partial charge in [-0.25, -0.2) is 4.98 Å². The number of para-hydroxylation sites is 1. The Morgan fingerprint density at radius 3 is 2.44 bits per heavy atom. The highest BCUT2D eigenvalue weighted by Gasteiger charge is 2.38. The summed E-state index contributed by atoms with van der Waals surface area (Å²) in [4.78, 5) is 3.23. The summed E-state index contributed by atoms with van der Waals surface area (Å²) in [6.45, 7) is 0.737. The van der Waals surface area contributed by atoms with E-state index in [0.717, 1.165) is 31.9 Å². The summed E-state index contributed by atoms with van der Waals surface area (Å²) in [5.41, 5.74) is -3.69. The summed E-state index contributed by atoms with van der Waals surface area (Å²) in [7, 11) is 0. The molecule has 2 heterocycles. The number of piperidine rings is 1. The molecule has 1 aromatic heterocycles. The molecule has 1 fully saturated rings. The zero-order valence-electron chi connectivity index (χ0n) is 14.2. The fourth-order valence-corrected chi connectivity index (χ4v) is 3.45. The van der Waals surface area contributed by atoms with Crippen molar-refractivity contribution in [2.45, 2.75) is 50.2 Å². The smallest absolute Gasteiger partial charge is 0.388 e. The summed E-state index contributed by atoms with van der Waals surface area (Å²) in [6.07, 6.45) is -8.36. The first kappa shape index (κ1) is 19.9. The van der Waals surface area contributed by atoms with E-state index in [1.165, 1.54) is 6.07 Å². The van der Waals surface area contributed by atoms with E-state index in [-0.39, 0.29) is 23.4 Å². The molecule has 1 aliphatic rings. The van der Waals surface area contributed by atoms with Crippen molar-refractivity contribution in [1.82, 2.24) is 10.3 Å². The first-order chi connectivity index (χ1) is 12.6. The van der Waals surface area contributed by atoms with E-state index in [1.54, 1.807) is 0 Å². The maximum atomic E-state index is 13.3. The van der Waals surface area contributed by atoms with Crippen LogP contribution in [0, 0.1) is 0 Å². The number of nitrogens with one attached hydrogen (secondary N) is 1. The SMILES string of the molecule is OC(CC1CCCCN1)c1cc(C(F)(F)F)nc2c(C(F)(F)F)cccc12. The van der Waals surface area contributed by atoms with Gasteiger partial charge in [-0.1, -0.05) is 18.6 Å². The molecule has 2 unspecified atom stereocenters. The van der Waals surface area contributed by atoms with Crippen molar-refractivity contribution in [3.05, 3.63) is 41.1 Å². The molecule has 27 heavy (non-hydrogen) atoms. The highest BCUT2D eigenvalue weighted by atomic mass is 19.4. The van der Waals surface area contributed by atoms with Gasteiger partial charge in [0.15, 0.2) is 0 Å². The Kier molecular flexibility index (Phi) is 5.36. The second kappa shape index (κ2) is 7.27. The summed E-state index contributed by atoms with van der Waals surface area (Å²) in [5, 5.41) is 13.6. The van der Waals surface area contributed by atoms with Crippen LogP contribution in [0.5, 0.6) is 0 Å². The minimum Gasteiger partial charge on any atom is -0.388 e. The average Bonchev–Trinajstić information content (AvgIpc) is 2.59. The molecule has 2 atom stereocenters. The van der Waals surface area contributed by atoms with E-state index in [2.05, 4.69) is 10.3 Å². The van der Waals surface area contributed by atoms with Crippen molar-refractivity contribution in [3.63, 3.8) is 0 Å². The molecule has 0 aliphatic carbocycles. The minimum atomic E-state index is -4.93. The second-order valence-electron chi connectivity index (χ2n) is 6.69. The lowest BCUT2D eigenvalue weighted by atomic mass is 9.93. The molecule has 1 saturated heterocycles. The first-order valence-electron chi connectivity index (χ1n) is 8.57. The highest BCUT2D eigenvalue weighted by Crippen LogP contribution is 2.39. The molecule has 0 radical (unpaired) electrons. The Morgan fingerprint density at radius 1 is 1.11 bits per heavy atom. The topological polar surface area (TPSA) is 45.1 Å². The van der Waals surface area contributed by atoms with E-state index >= 15 is 0 Å². The lowest BCUT2D eigenvalue weighted by Crippen LogP contribution is -2.35. The Hall–Kier alpha value is -1.87. The van der Waals surface area contributed by atoms with Gasteiger partial charge >= 0.3 is 12.4 Å². The van der Waals surface area contributed by atoms with Crippen LogP contribution in [0.2, 0.25) is 0 Å². The number of halogens is 6. The summed E-state index contributed by atoms with van der Waals surface area (Å²) in [6, 6.07) is 3.60. The molecule has 0 amide bonds. The molecule has 1 aliphatic heterocycles. The zero-order valence-corrected chi connectivity index (χ0v) is 14.2. The van der Waals surface area contributed by atoms with Gasteiger partial charge in [0.05, 0.1) is 17.2 Å². The maximum absolute atomic E-state index is 13.3. The Bertz CT molecular complexity index is 812. The second-order valence-corrected chi connectivity index (χ2v) is 6.69. The fourth-order valence-electron chi connectivity index (χ4n) is 3.45. The lowest BCUT2D eigenvalue weighted by Gasteiger charge is -2.26. The lowest BCUT2D eigenvalue weighted by molar-refractivity contribution is -0.142. The molecular formula is C18H18F6N2O. The van der Waals surface area contributed by atoms with E-state index < -0.39 is 35.2 Å². The van der Waals surface area contributed by atoms with Crippen LogP contribution in [0.25, 0.3) is 10.9 Å². The van der Waals surface area contributed by atoms with Crippen LogP contribution in [0.4, 0.5) is 26.3 Å². The quantitative estimate of drug-likeness (QED) is 0.735. The van der Waals surface area contributed by atoms with Crippen molar-refractivity contribution in [1.29, 1.82) is 0 Å². The number of pyridine rings is 1. The number of aliphatic hydroxyl groups excluding tert-OH is 1. The van der Waals surface area contributed by atoms with E-state index in [4.69, 9.17) is 0 Å². The largest absolute Gasteiger partial charge is 0.433 e.